The molecule has 1 aromatic heterocycles. The van der Waals surface area contributed by atoms with Gasteiger partial charge in [0.1, 0.15) is 4.64 Å². The SMILES string of the molecule is CC(=O)Nc1ccc(-n2sc3c(c2=S)-c2ccccc2NC3(C)C)cc1. The molecule has 6 heteroatoms. The molecule has 0 unspecified atom stereocenters. The number of fused-ring (bicyclic) bond motifs is 3. The van der Waals surface area contributed by atoms with Gasteiger partial charge < -0.3 is 10.6 Å². The molecule has 0 bridgehead atoms. The lowest BCUT2D eigenvalue weighted by Crippen LogP contribution is -2.30. The Hall–Kier alpha value is -2.44. The summed E-state index contributed by atoms with van der Waals surface area (Å²) in [4.78, 5) is 12.4. The number of rotatable bonds is 2. The van der Waals surface area contributed by atoms with Crippen molar-refractivity contribution in [3.05, 3.63) is 58.0 Å². The van der Waals surface area contributed by atoms with Crippen LogP contribution in [0, 0.1) is 4.64 Å². The van der Waals surface area contributed by atoms with E-state index in [1.807, 2.05) is 36.4 Å². The number of carbonyl (C=O) groups excluding carboxylic acids is 1. The smallest absolute Gasteiger partial charge is 0.221 e. The van der Waals surface area contributed by atoms with Crippen LogP contribution in [-0.2, 0) is 10.3 Å². The third-order valence-electron chi connectivity index (χ3n) is 4.44. The monoisotopic (exact) mass is 381 g/mol. The van der Waals surface area contributed by atoms with E-state index in [1.54, 1.807) is 11.5 Å². The molecule has 26 heavy (non-hydrogen) atoms. The van der Waals surface area contributed by atoms with E-state index in [0.717, 1.165) is 32.8 Å². The normalized spacial score (nSPS) is 14.1. The van der Waals surface area contributed by atoms with E-state index in [0.29, 0.717) is 0 Å². The first kappa shape index (κ1) is 17.0. The number of nitrogens with one attached hydrogen (secondary N) is 2. The van der Waals surface area contributed by atoms with Crippen molar-refractivity contribution in [2.24, 2.45) is 0 Å². The molecular formula is C20H19N3OS2. The molecule has 0 atom stereocenters. The molecule has 1 aliphatic rings. The topological polar surface area (TPSA) is 46.1 Å². The van der Waals surface area contributed by atoms with Gasteiger partial charge in [-0.25, -0.2) is 0 Å². The fourth-order valence-corrected chi connectivity index (χ4v) is 4.95. The van der Waals surface area contributed by atoms with Crippen LogP contribution in [0.2, 0.25) is 0 Å². The van der Waals surface area contributed by atoms with Gasteiger partial charge in [-0.15, -0.1) is 0 Å². The van der Waals surface area contributed by atoms with Crippen LogP contribution in [0.15, 0.2) is 48.5 Å². The van der Waals surface area contributed by atoms with Crippen molar-refractivity contribution >= 4 is 41.0 Å². The summed E-state index contributed by atoms with van der Waals surface area (Å²) >= 11 is 7.52. The largest absolute Gasteiger partial charge is 0.375 e. The molecule has 4 nitrogen and oxygen atoms in total. The number of anilines is 2. The van der Waals surface area contributed by atoms with Crippen LogP contribution in [0.3, 0.4) is 0 Å². The highest BCUT2D eigenvalue weighted by Gasteiger charge is 2.34. The summed E-state index contributed by atoms with van der Waals surface area (Å²) in [6, 6.07) is 16.1. The van der Waals surface area contributed by atoms with Crippen molar-refractivity contribution in [2.75, 3.05) is 10.6 Å². The first-order chi connectivity index (χ1) is 12.4. The minimum atomic E-state index is -0.191. The Balaban J connectivity index is 1.86. The lowest BCUT2D eigenvalue weighted by Gasteiger charge is -2.33. The second kappa shape index (κ2) is 6.07. The van der Waals surface area contributed by atoms with Gasteiger partial charge in [-0.3, -0.25) is 8.75 Å². The van der Waals surface area contributed by atoms with Gasteiger partial charge in [-0.05, 0) is 44.2 Å². The lowest BCUT2D eigenvalue weighted by atomic mass is 9.90. The van der Waals surface area contributed by atoms with E-state index in [-0.39, 0.29) is 11.4 Å². The molecule has 0 aliphatic carbocycles. The second-order valence-electron chi connectivity index (χ2n) is 6.92. The quantitative estimate of drug-likeness (QED) is 0.572. The molecule has 0 radical (unpaired) electrons. The Labute approximate surface area is 161 Å². The minimum Gasteiger partial charge on any atom is -0.375 e. The highest BCUT2D eigenvalue weighted by Crippen LogP contribution is 2.47. The van der Waals surface area contributed by atoms with Crippen molar-refractivity contribution in [3.8, 4) is 16.8 Å². The number of carbonyl (C=O) groups is 1. The van der Waals surface area contributed by atoms with E-state index < -0.39 is 0 Å². The molecule has 0 spiro atoms. The molecule has 1 amide bonds. The van der Waals surface area contributed by atoms with Gasteiger partial charge in [0.05, 0.1) is 16.1 Å². The molecule has 0 saturated heterocycles. The molecule has 0 fully saturated rings. The number of aromatic nitrogens is 1. The zero-order chi connectivity index (χ0) is 18.5. The van der Waals surface area contributed by atoms with Gasteiger partial charge in [0.2, 0.25) is 5.91 Å². The van der Waals surface area contributed by atoms with Gasteiger partial charge >= 0.3 is 0 Å². The first-order valence-corrected chi connectivity index (χ1v) is 9.57. The number of benzene rings is 2. The van der Waals surface area contributed by atoms with Crippen LogP contribution in [0.25, 0.3) is 16.8 Å². The Kier molecular flexibility index (Phi) is 3.97. The van der Waals surface area contributed by atoms with E-state index in [2.05, 4.69) is 40.6 Å². The Morgan fingerprint density at radius 3 is 2.54 bits per heavy atom. The van der Waals surface area contributed by atoms with E-state index >= 15 is 0 Å². The fourth-order valence-electron chi connectivity index (χ4n) is 3.30. The number of hydrogen-bond acceptors (Lipinski definition) is 4. The van der Waals surface area contributed by atoms with E-state index in [9.17, 15) is 4.79 Å². The van der Waals surface area contributed by atoms with Crippen molar-refractivity contribution < 1.29 is 4.79 Å². The molecule has 2 N–H and O–H groups in total. The number of amides is 1. The second-order valence-corrected chi connectivity index (χ2v) is 8.26. The van der Waals surface area contributed by atoms with Crippen molar-refractivity contribution in [2.45, 2.75) is 26.3 Å². The standard InChI is InChI=1S/C20H19N3OS2/c1-12(24)21-13-8-10-14(11-9-13)23-19(25)17-15-6-4-5-7-16(15)22-20(2,3)18(17)26-23/h4-11,22H,1-3H3,(H,21,24). The third-order valence-corrected chi connectivity index (χ3v) is 6.42. The van der Waals surface area contributed by atoms with Gasteiger partial charge in [0.25, 0.3) is 0 Å². The van der Waals surface area contributed by atoms with Crippen LogP contribution in [0.5, 0.6) is 0 Å². The van der Waals surface area contributed by atoms with Gasteiger partial charge in [0, 0.05) is 29.4 Å². The summed E-state index contributed by atoms with van der Waals surface area (Å²) in [7, 11) is 0. The maximum absolute atomic E-state index is 11.2. The Morgan fingerprint density at radius 1 is 1.15 bits per heavy atom. The highest BCUT2D eigenvalue weighted by atomic mass is 32.1. The summed E-state index contributed by atoms with van der Waals surface area (Å²) < 4.78 is 2.91. The Bertz CT molecular complexity index is 1060. The molecule has 2 heterocycles. The molecule has 4 rings (SSSR count). The minimum absolute atomic E-state index is 0.0784. The van der Waals surface area contributed by atoms with Gasteiger partial charge in [0.15, 0.2) is 0 Å². The molecule has 1 aliphatic heterocycles. The maximum Gasteiger partial charge on any atom is 0.221 e. The zero-order valence-electron chi connectivity index (χ0n) is 14.8. The van der Waals surface area contributed by atoms with Gasteiger partial charge in [-0.1, -0.05) is 41.9 Å². The van der Waals surface area contributed by atoms with E-state index in [4.69, 9.17) is 12.2 Å². The summed E-state index contributed by atoms with van der Waals surface area (Å²) in [5, 5.41) is 6.41. The van der Waals surface area contributed by atoms with Crippen LogP contribution < -0.4 is 10.6 Å². The highest BCUT2D eigenvalue weighted by molar-refractivity contribution is 7.71. The first-order valence-electron chi connectivity index (χ1n) is 8.39. The summed E-state index contributed by atoms with van der Waals surface area (Å²) in [6.45, 7) is 5.86. The van der Waals surface area contributed by atoms with Crippen molar-refractivity contribution in [1.29, 1.82) is 0 Å². The number of nitrogens with zero attached hydrogens (tertiary/aromatic N) is 1. The van der Waals surface area contributed by atoms with Gasteiger partial charge in [-0.2, -0.15) is 0 Å². The summed E-state index contributed by atoms with van der Waals surface area (Å²) in [5.74, 6) is -0.0784. The zero-order valence-corrected chi connectivity index (χ0v) is 16.4. The van der Waals surface area contributed by atoms with Crippen LogP contribution in [0.4, 0.5) is 11.4 Å². The summed E-state index contributed by atoms with van der Waals surface area (Å²) in [6.07, 6.45) is 0. The average Bonchev–Trinajstić information content (AvgIpc) is 2.94. The van der Waals surface area contributed by atoms with E-state index in [1.165, 1.54) is 11.8 Å². The Morgan fingerprint density at radius 2 is 1.85 bits per heavy atom. The molecule has 2 aromatic carbocycles. The fraction of sp³-hybridized carbons (Fsp3) is 0.200. The third kappa shape index (κ3) is 2.75. The van der Waals surface area contributed by atoms with Crippen molar-refractivity contribution in [1.82, 2.24) is 3.96 Å². The molecule has 132 valence electrons. The lowest BCUT2D eigenvalue weighted by molar-refractivity contribution is -0.114. The van der Waals surface area contributed by atoms with Crippen LogP contribution >= 0.6 is 23.8 Å². The predicted molar refractivity (Wildman–Crippen MR) is 111 cm³/mol. The average molecular weight is 382 g/mol. The van der Waals surface area contributed by atoms with Crippen molar-refractivity contribution in [3.63, 3.8) is 0 Å². The molecule has 3 aromatic rings. The van der Waals surface area contributed by atoms with Crippen LogP contribution in [0.1, 0.15) is 25.6 Å². The number of para-hydroxylation sites is 1. The van der Waals surface area contributed by atoms with Crippen LogP contribution in [-0.4, -0.2) is 9.86 Å². The molecule has 0 saturated carbocycles. The maximum atomic E-state index is 11.2. The number of hydrogen-bond donors (Lipinski definition) is 2. The molecular weight excluding hydrogens is 362 g/mol. The summed E-state index contributed by atoms with van der Waals surface area (Å²) in [5.41, 5.74) is 4.98. The predicted octanol–water partition coefficient (Wildman–Crippen LogP) is 5.55.